The SMILES string of the molecule is Cc1c2c(=O)n(-c3ccccc3F)[nH]c2cc(=O)n1Cc1cccc(N2CCOCC2)n1. The second-order valence-corrected chi connectivity index (χ2v) is 7.73. The minimum atomic E-state index is -0.529. The molecule has 1 saturated heterocycles. The maximum absolute atomic E-state index is 14.3. The summed E-state index contributed by atoms with van der Waals surface area (Å²) in [7, 11) is 0. The van der Waals surface area contributed by atoms with Crippen molar-refractivity contribution in [1.82, 2.24) is 19.3 Å². The minimum Gasteiger partial charge on any atom is -0.378 e. The van der Waals surface area contributed by atoms with Crippen LogP contribution in [0.2, 0.25) is 0 Å². The van der Waals surface area contributed by atoms with E-state index >= 15 is 0 Å². The van der Waals surface area contributed by atoms with Gasteiger partial charge in [0.25, 0.3) is 11.1 Å². The Hall–Kier alpha value is -3.72. The van der Waals surface area contributed by atoms with Crippen molar-refractivity contribution in [2.75, 3.05) is 31.2 Å². The number of para-hydroxylation sites is 1. The third kappa shape index (κ3) is 3.50. The summed E-state index contributed by atoms with van der Waals surface area (Å²) in [6, 6.07) is 13.1. The molecule has 32 heavy (non-hydrogen) atoms. The molecule has 1 aromatic carbocycles. The molecule has 0 atom stereocenters. The number of pyridine rings is 2. The van der Waals surface area contributed by atoms with Crippen LogP contribution in [0.5, 0.6) is 0 Å². The van der Waals surface area contributed by atoms with E-state index in [2.05, 4.69) is 10.00 Å². The van der Waals surface area contributed by atoms with Crippen LogP contribution in [-0.4, -0.2) is 45.6 Å². The van der Waals surface area contributed by atoms with Gasteiger partial charge in [-0.2, -0.15) is 0 Å². The Morgan fingerprint density at radius 2 is 1.88 bits per heavy atom. The molecule has 0 radical (unpaired) electrons. The van der Waals surface area contributed by atoms with E-state index in [1.807, 2.05) is 18.2 Å². The molecule has 164 valence electrons. The molecule has 0 unspecified atom stereocenters. The van der Waals surface area contributed by atoms with Gasteiger partial charge in [0.05, 0.1) is 36.4 Å². The molecule has 0 aliphatic carbocycles. The molecular weight excluding hydrogens is 413 g/mol. The predicted molar refractivity (Wildman–Crippen MR) is 119 cm³/mol. The van der Waals surface area contributed by atoms with Gasteiger partial charge in [0.1, 0.15) is 17.3 Å². The van der Waals surface area contributed by atoms with Gasteiger partial charge in [0, 0.05) is 24.8 Å². The molecule has 4 heterocycles. The molecule has 1 aliphatic rings. The van der Waals surface area contributed by atoms with Gasteiger partial charge in [-0.15, -0.1) is 0 Å². The van der Waals surface area contributed by atoms with Crippen molar-refractivity contribution in [3.05, 3.63) is 86.4 Å². The molecule has 1 N–H and O–H groups in total. The van der Waals surface area contributed by atoms with Crippen molar-refractivity contribution in [3.8, 4) is 5.69 Å². The molecular formula is C23H22FN5O3. The maximum atomic E-state index is 14.3. The van der Waals surface area contributed by atoms with Crippen LogP contribution in [0.15, 0.2) is 58.1 Å². The first kappa shape index (κ1) is 20.2. The number of hydrogen-bond donors (Lipinski definition) is 1. The van der Waals surface area contributed by atoms with Crippen molar-refractivity contribution in [1.29, 1.82) is 0 Å². The number of anilines is 1. The van der Waals surface area contributed by atoms with Crippen LogP contribution in [0.3, 0.4) is 0 Å². The van der Waals surface area contributed by atoms with E-state index in [0.717, 1.165) is 23.6 Å². The van der Waals surface area contributed by atoms with Gasteiger partial charge in [-0.3, -0.25) is 14.7 Å². The van der Waals surface area contributed by atoms with E-state index in [0.29, 0.717) is 35.5 Å². The molecule has 0 saturated carbocycles. The summed E-state index contributed by atoms with van der Waals surface area (Å²) >= 11 is 0. The number of aromatic amines is 1. The third-order valence-electron chi connectivity index (χ3n) is 5.76. The quantitative estimate of drug-likeness (QED) is 0.531. The number of benzene rings is 1. The molecule has 0 bridgehead atoms. The molecule has 3 aromatic heterocycles. The zero-order valence-electron chi connectivity index (χ0n) is 17.5. The van der Waals surface area contributed by atoms with Crippen LogP contribution >= 0.6 is 0 Å². The Morgan fingerprint density at radius 1 is 1.09 bits per heavy atom. The second-order valence-electron chi connectivity index (χ2n) is 7.73. The van der Waals surface area contributed by atoms with Crippen LogP contribution in [0.25, 0.3) is 16.6 Å². The highest BCUT2D eigenvalue weighted by Gasteiger charge is 2.18. The number of nitrogens with zero attached hydrogens (tertiary/aromatic N) is 4. The predicted octanol–water partition coefficient (Wildman–Crippen LogP) is 2.21. The van der Waals surface area contributed by atoms with Gasteiger partial charge in [-0.25, -0.2) is 14.1 Å². The Morgan fingerprint density at radius 3 is 2.66 bits per heavy atom. The number of halogens is 1. The van der Waals surface area contributed by atoms with Crippen molar-refractivity contribution >= 4 is 16.7 Å². The summed E-state index contributed by atoms with van der Waals surface area (Å²) in [5.74, 6) is 0.305. The van der Waals surface area contributed by atoms with E-state index in [4.69, 9.17) is 9.72 Å². The van der Waals surface area contributed by atoms with Crippen LogP contribution in [0, 0.1) is 12.7 Å². The van der Waals surface area contributed by atoms with Crippen molar-refractivity contribution < 1.29 is 9.13 Å². The lowest BCUT2D eigenvalue weighted by Crippen LogP contribution is -2.36. The minimum absolute atomic E-state index is 0.104. The van der Waals surface area contributed by atoms with E-state index in [1.54, 1.807) is 19.1 Å². The van der Waals surface area contributed by atoms with E-state index in [-0.39, 0.29) is 17.8 Å². The van der Waals surface area contributed by atoms with E-state index in [9.17, 15) is 14.0 Å². The summed E-state index contributed by atoms with van der Waals surface area (Å²) in [4.78, 5) is 32.8. The number of aryl methyl sites for hydroxylation is 1. The topological polar surface area (TPSA) is 85.2 Å². The highest BCUT2D eigenvalue weighted by atomic mass is 19.1. The molecule has 5 rings (SSSR count). The van der Waals surface area contributed by atoms with Crippen LogP contribution in [0.1, 0.15) is 11.4 Å². The average Bonchev–Trinajstić information content (AvgIpc) is 3.13. The molecule has 1 fully saturated rings. The Bertz CT molecular complexity index is 1420. The zero-order valence-corrected chi connectivity index (χ0v) is 17.5. The van der Waals surface area contributed by atoms with Crippen LogP contribution < -0.4 is 16.0 Å². The molecule has 4 aromatic rings. The van der Waals surface area contributed by atoms with Gasteiger partial charge >= 0.3 is 0 Å². The highest BCUT2D eigenvalue weighted by Crippen LogP contribution is 2.17. The standard InChI is InChI=1S/C23H22FN5O3/c1-15-22-18(26-29(23(22)31)19-7-3-2-6-17(19)24)13-21(30)28(15)14-16-5-4-8-20(25-16)27-9-11-32-12-10-27/h2-8,13,26H,9-12,14H2,1H3. The number of ether oxygens (including phenoxy) is 1. The largest absolute Gasteiger partial charge is 0.378 e. The first-order chi connectivity index (χ1) is 15.5. The third-order valence-corrected chi connectivity index (χ3v) is 5.76. The van der Waals surface area contributed by atoms with E-state index in [1.165, 1.54) is 22.8 Å². The first-order valence-corrected chi connectivity index (χ1v) is 10.4. The van der Waals surface area contributed by atoms with Gasteiger partial charge in [-0.1, -0.05) is 18.2 Å². The molecule has 0 spiro atoms. The fourth-order valence-corrected chi connectivity index (χ4v) is 4.09. The van der Waals surface area contributed by atoms with Gasteiger partial charge < -0.3 is 14.2 Å². The van der Waals surface area contributed by atoms with Crippen LogP contribution in [-0.2, 0) is 11.3 Å². The van der Waals surface area contributed by atoms with Crippen molar-refractivity contribution in [2.24, 2.45) is 0 Å². The van der Waals surface area contributed by atoms with Gasteiger partial charge in [0.15, 0.2) is 0 Å². The summed E-state index contributed by atoms with van der Waals surface area (Å²) in [5.41, 5.74) is 1.01. The Labute approximate surface area is 182 Å². The number of morpholine rings is 1. The fraction of sp³-hybridized carbons (Fsp3) is 0.261. The Kier molecular flexibility index (Phi) is 5.10. The van der Waals surface area contributed by atoms with Gasteiger partial charge in [0.2, 0.25) is 0 Å². The van der Waals surface area contributed by atoms with Gasteiger partial charge in [-0.05, 0) is 31.2 Å². The lowest BCUT2D eigenvalue weighted by molar-refractivity contribution is 0.122. The fourth-order valence-electron chi connectivity index (χ4n) is 4.09. The molecule has 9 heteroatoms. The van der Waals surface area contributed by atoms with Crippen molar-refractivity contribution in [3.63, 3.8) is 0 Å². The van der Waals surface area contributed by atoms with Crippen molar-refractivity contribution in [2.45, 2.75) is 13.5 Å². The highest BCUT2D eigenvalue weighted by molar-refractivity contribution is 5.80. The lowest BCUT2D eigenvalue weighted by atomic mass is 10.2. The number of nitrogens with one attached hydrogen (secondary N) is 1. The zero-order chi connectivity index (χ0) is 22.2. The average molecular weight is 435 g/mol. The van der Waals surface area contributed by atoms with E-state index < -0.39 is 11.4 Å². The second kappa shape index (κ2) is 8.08. The summed E-state index contributed by atoms with van der Waals surface area (Å²) in [5, 5.41) is 3.21. The smallest absolute Gasteiger partial charge is 0.280 e. The normalized spacial score (nSPS) is 14.2. The number of aromatic nitrogens is 4. The lowest BCUT2D eigenvalue weighted by Gasteiger charge is -2.28. The van der Waals surface area contributed by atoms with Crippen LogP contribution in [0.4, 0.5) is 10.2 Å². The molecule has 1 aliphatic heterocycles. The monoisotopic (exact) mass is 435 g/mol. The summed E-state index contributed by atoms with van der Waals surface area (Å²) in [6.45, 7) is 4.78. The number of fused-ring (bicyclic) bond motifs is 1. The summed E-state index contributed by atoms with van der Waals surface area (Å²) in [6.07, 6.45) is 0. The maximum Gasteiger partial charge on any atom is 0.280 e. The molecule has 0 amide bonds. The number of H-pyrrole nitrogens is 1. The number of hydrogen-bond acceptors (Lipinski definition) is 5. The first-order valence-electron chi connectivity index (χ1n) is 10.4. The summed E-state index contributed by atoms with van der Waals surface area (Å²) < 4.78 is 22.3. The number of rotatable bonds is 4. The molecule has 8 nitrogen and oxygen atoms in total. The Balaban J connectivity index is 1.56.